The number of likely N-dealkylation sites (tertiary alicyclic amines) is 1. The number of piperidine rings is 1. The summed E-state index contributed by atoms with van der Waals surface area (Å²) in [5, 5.41) is 6.26. The van der Waals surface area contributed by atoms with Gasteiger partial charge in [0.2, 0.25) is 5.91 Å². The van der Waals surface area contributed by atoms with Crippen molar-refractivity contribution in [1.82, 2.24) is 10.2 Å². The Morgan fingerprint density at radius 2 is 1.79 bits per heavy atom. The van der Waals surface area contributed by atoms with Gasteiger partial charge in [-0.15, -0.1) is 0 Å². The van der Waals surface area contributed by atoms with Gasteiger partial charge < -0.3 is 15.0 Å². The molecule has 0 saturated carbocycles. The van der Waals surface area contributed by atoms with E-state index in [2.05, 4.69) is 22.5 Å². The second kappa shape index (κ2) is 11.3. The highest BCUT2D eigenvalue weighted by atomic mass is 35.5. The van der Waals surface area contributed by atoms with E-state index in [0.29, 0.717) is 55.2 Å². The first-order chi connectivity index (χ1) is 18.7. The summed E-state index contributed by atoms with van der Waals surface area (Å²) in [6.07, 6.45) is 0.975. The molecule has 0 radical (unpaired) electrons. The number of carbonyl (C=O) groups is 2. The van der Waals surface area contributed by atoms with E-state index < -0.39 is 17.6 Å². The second-order valence-corrected chi connectivity index (χ2v) is 10.7. The van der Waals surface area contributed by atoms with E-state index >= 15 is 0 Å². The molecule has 9 heteroatoms. The van der Waals surface area contributed by atoms with E-state index in [-0.39, 0.29) is 23.6 Å². The Hall–Kier alpha value is -3.49. The Kier molecular flexibility index (Phi) is 7.86. The third-order valence-corrected chi connectivity index (χ3v) is 7.98. The summed E-state index contributed by atoms with van der Waals surface area (Å²) in [5.74, 6) is -1.39. The van der Waals surface area contributed by atoms with Gasteiger partial charge in [0, 0.05) is 49.1 Å². The SMILES string of the molecule is CC(CC(C(=O)NCc1cccc(Cl)c1)c1ccc(F)cc1)N1CCC2(CC1)OC(=O)Nc1ccc(F)cc12. The molecule has 2 atom stereocenters. The molecule has 2 aliphatic rings. The van der Waals surface area contributed by atoms with Crippen LogP contribution >= 0.6 is 11.6 Å². The van der Waals surface area contributed by atoms with Crippen LogP contribution in [-0.4, -0.2) is 36.0 Å². The molecule has 1 fully saturated rings. The standard InChI is InChI=1S/C30H30ClF2N3O3/c1-19(36-13-11-30(12-14-36)26-17-24(33)9-10-27(26)35-29(38)39-30)15-25(21-5-7-23(32)8-6-21)28(37)34-18-20-3-2-4-22(31)16-20/h2-10,16-17,19,25H,11-15,18H2,1H3,(H,34,37)(H,35,38). The molecule has 204 valence electrons. The van der Waals surface area contributed by atoms with Gasteiger partial charge in [0.25, 0.3) is 0 Å². The van der Waals surface area contributed by atoms with Crippen molar-refractivity contribution in [1.29, 1.82) is 0 Å². The monoisotopic (exact) mass is 553 g/mol. The first-order valence-electron chi connectivity index (χ1n) is 13.0. The second-order valence-electron chi connectivity index (χ2n) is 10.3. The number of nitrogens with one attached hydrogen (secondary N) is 2. The van der Waals surface area contributed by atoms with E-state index in [1.807, 2.05) is 12.1 Å². The number of hydrogen-bond donors (Lipinski definition) is 2. The van der Waals surface area contributed by atoms with Crippen LogP contribution in [-0.2, 0) is 21.7 Å². The van der Waals surface area contributed by atoms with Gasteiger partial charge in [-0.3, -0.25) is 10.1 Å². The fourth-order valence-corrected chi connectivity index (χ4v) is 5.82. The summed E-state index contributed by atoms with van der Waals surface area (Å²) in [6, 6.07) is 17.7. The average Bonchev–Trinajstić information content (AvgIpc) is 2.92. The Balaban J connectivity index is 1.29. The molecule has 39 heavy (non-hydrogen) atoms. The Labute approximate surface area is 231 Å². The molecule has 2 N–H and O–H groups in total. The molecule has 1 spiro atoms. The average molecular weight is 554 g/mol. The molecule has 6 nitrogen and oxygen atoms in total. The first-order valence-corrected chi connectivity index (χ1v) is 13.4. The number of nitrogens with zero attached hydrogens (tertiary/aromatic N) is 1. The van der Waals surface area contributed by atoms with E-state index in [1.54, 1.807) is 30.3 Å². The molecule has 5 rings (SSSR count). The summed E-state index contributed by atoms with van der Waals surface area (Å²) in [6.45, 7) is 3.59. The van der Waals surface area contributed by atoms with Gasteiger partial charge in [-0.25, -0.2) is 13.6 Å². The van der Waals surface area contributed by atoms with Crippen molar-refractivity contribution in [3.05, 3.63) is 100 Å². The van der Waals surface area contributed by atoms with E-state index in [4.69, 9.17) is 16.3 Å². The van der Waals surface area contributed by atoms with Crippen molar-refractivity contribution in [3.63, 3.8) is 0 Å². The highest BCUT2D eigenvalue weighted by Crippen LogP contribution is 2.44. The van der Waals surface area contributed by atoms with Gasteiger partial charge >= 0.3 is 6.09 Å². The molecule has 2 amide bonds. The molecular formula is C30H30ClF2N3O3. The summed E-state index contributed by atoms with van der Waals surface area (Å²) in [7, 11) is 0. The number of hydrogen-bond acceptors (Lipinski definition) is 4. The zero-order chi connectivity index (χ0) is 27.6. The molecule has 2 heterocycles. The molecule has 0 bridgehead atoms. The normalized spacial score (nSPS) is 18.0. The van der Waals surface area contributed by atoms with Gasteiger partial charge in [-0.2, -0.15) is 0 Å². The maximum absolute atomic E-state index is 14.1. The topological polar surface area (TPSA) is 70.7 Å². The van der Waals surface area contributed by atoms with Crippen molar-refractivity contribution in [3.8, 4) is 0 Å². The van der Waals surface area contributed by atoms with Gasteiger partial charge in [0.1, 0.15) is 17.2 Å². The number of amides is 2. The predicted octanol–water partition coefficient (Wildman–Crippen LogP) is 6.35. The van der Waals surface area contributed by atoms with Crippen LogP contribution in [0.25, 0.3) is 0 Å². The van der Waals surface area contributed by atoms with E-state index in [1.165, 1.54) is 24.3 Å². The van der Waals surface area contributed by atoms with Crippen LogP contribution in [0.3, 0.4) is 0 Å². The van der Waals surface area contributed by atoms with E-state index in [9.17, 15) is 18.4 Å². The largest absolute Gasteiger partial charge is 0.438 e. The zero-order valence-electron chi connectivity index (χ0n) is 21.6. The molecule has 0 aliphatic carbocycles. The Morgan fingerprint density at radius 3 is 2.51 bits per heavy atom. The Morgan fingerprint density at radius 1 is 1.08 bits per heavy atom. The molecular weight excluding hydrogens is 524 g/mol. The predicted molar refractivity (Wildman–Crippen MR) is 146 cm³/mol. The van der Waals surface area contributed by atoms with Crippen LogP contribution in [0.4, 0.5) is 19.3 Å². The first kappa shape index (κ1) is 27.1. The van der Waals surface area contributed by atoms with Crippen LogP contribution in [0.5, 0.6) is 0 Å². The third-order valence-electron chi connectivity index (χ3n) is 7.75. The number of ether oxygens (including phenoxy) is 1. The summed E-state index contributed by atoms with van der Waals surface area (Å²) >= 11 is 6.08. The number of halogens is 3. The number of benzene rings is 3. The lowest BCUT2D eigenvalue weighted by Gasteiger charge is -2.46. The van der Waals surface area contributed by atoms with Gasteiger partial charge in [-0.05, 0) is 66.9 Å². The highest BCUT2D eigenvalue weighted by Gasteiger charge is 2.45. The third kappa shape index (κ3) is 6.07. The lowest BCUT2D eigenvalue weighted by atomic mass is 9.81. The number of fused-ring (bicyclic) bond motifs is 2. The van der Waals surface area contributed by atoms with Crippen LogP contribution in [0, 0.1) is 11.6 Å². The van der Waals surface area contributed by atoms with Crippen LogP contribution in [0.15, 0.2) is 66.7 Å². The fourth-order valence-electron chi connectivity index (χ4n) is 5.61. The van der Waals surface area contributed by atoms with Crippen LogP contribution < -0.4 is 10.6 Å². The van der Waals surface area contributed by atoms with Crippen molar-refractivity contribution < 1.29 is 23.1 Å². The molecule has 1 saturated heterocycles. The Bertz CT molecular complexity index is 1360. The molecule has 2 aliphatic heterocycles. The minimum Gasteiger partial charge on any atom is -0.438 e. The maximum atomic E-state index is 14.1. The smallest absolute Gasteiger partial charge is 0.412 e. The van der Waals surface area contributed by atoms with Gasteiger partial charge in [-0.1, -0.05) is 35.9 Å². The zero-order valence-corrected chi connectivity index (χ0v) is 22.3. The molecule has 0 aromatic heterocycles. The quantitative estimate of drug-likeness (QED) is 0.358. The lowest BCUT2D eigenvalue weighted by molar-refractivity contribution is -0.123. The van der Waals surface area contributed by atoms with Crippen molar-refractivity contribution >= 4 is 29.3 Å². The highest BCUT2D eigenvalue weighted by molar-refractivity contribution is 6.30. The molecule has 2 unspecified atom stereocenters. The minimum absolute atomic E-state index is 0.00119. The van der Waals surface area contributed by atoms with Gasteiger partial charge in [0.15, 0.2) is 0 Å². The minimum atomic E-state index is -0.888. The fraction of sp³-hybridized carbons (Fsp3) is 0.333. The molecule has 3 aromatic carbocycles. The van der Waals surface area contributed by atoms with Crippen molar-refractivity contribution in [2.75, 3.05) is 18.4 Å². The summed E-state index contributed by atoms with van der Waals surface area (Å²) in [4.78, 5) is 27.9. The van der Waals surface area contributed by atoms with Crippen LogP contribution in [0.2, 0.25) is 5.02 Å². The van der Waals surface area contributed by atoms with Crippen molar-refractivity contribution in [2.24, 2.45) is 0 Å². The van der Waals surface area contributed by atoms with Gasteiger partial charge in [0.05, 0.1) is 11.6 Å². The van der Waals surface area contributed by atoms with Crippen LogP contribution in [0.1, 0.15) is 48.8 Å². The van der Waals surface area contributed by atoms with E-state index in [0.717, 1.165) is 11.1 Å². The lowest BCUT2D eigenvalue weighted by Crippen LogP contribution is -2.50. The maximum Gasteiger partial charge on any atom is 0.412 e. The number of rotatable bonds is 7. The van der Waals surface area contributed by atoms with Crippen molar-refractivity contribution in [2.45, 2.75) is 50.3 Å². The summed E-state index contributed by atoms with van der Waals surface area (Å²) in [5.41, 5.74) is 1.95. The number of anilines is 1. The number of carbonyl (C=O) groups excluding carboxylic acids is 2. The molecule has 3 aromatic rings. The summed E-state index contributed by atoms with van der Waals surface area (Å²) < 4.78 is 33.5.